The molecule has 4 aromatic rings. The number of rotatable bonds is 7. The molecular formula is C23H18N4O4S. The zero-order valence-corrected chi connectivity index (χ0v) is 17.9. The SMILES string of the molecule is COc1ccc2nc(N(/N=C/c3ccc([N+](=O)[O-])cc3)C(=O)Cc3ccccc3)sc2c1. The Morgan fingerprint density at radius 1 is 1.16 bits per heavy atom. The molecule has 0 fully saturated rings. The smallest absolute Gasteiger partial charge is 0.269 e. The van der Waals surface area contributed by atoms with Gasteiger partial charge in [0.25, 0.3) is 11.6 Å². The van der Waals surface area contributed by atoms with Crippen LogP contribution in [0.5, 0.6) is 5.75 Å². The van der Waals surface area contributed by atoms with Crippen LogP contribution in [0.1, 0.15) is 11.1 Å². The van der Waals surface area contributed by atoms with Crippen molar-refractivity contribution >= 4 is 44.5 Å². The van der Waals surface area contributed by atoms with Gasteiger partial charge in [0.15, 0.2) is 0 Å². The van der Waals surface area contributed by atoms with Crippen LogP contribution in [-0.2, 0) is 11.2 Å². The van der Waals surface area contributed by atoms with E-state index in [-0.39, 0.29) is 18.0 Å². The fourth-order valence-corrected chi connectivity index (χ4v) is 3.95. The Bertz CT molecular complexity index is 1290. The van der Waals surface area contributed by atoms with Gasteiger partial charge in [0.2, 0.25) is 5.13 Å². The van der Waals surface area contributed by atoms with Crippen molar-refractivity contribution in [3.05, 3.63) is 94.0 Å². The van der Waals surface area contributed by atoms with Crippen LogP contribution in [0.2, 0.25) is 0 Å². The normalized spacial score (nSPS) is 11.0. The molecule has 1 amide bonds. The number of non-ortho nitro benzene ring substituents is 1. The molecule has 32 heavy (non-hydrogen) atoms. The van der Waals surface area contributed by atoms with E-state index in [4.69, 9.17) is 4.74 Å². The van der Waals surface area contributed by atoms with Crippen molar-refractivity contribution in [2.75, 3.05) is 12.1 Å². The summed E-state index contributed by atoms with van der Waals surface area (Å²) in [4.78, 5) is 28.1. The van der Waals surface area contributed by atoms with Crippen LogP contribution in [0, 0.1) is 10.1 Å². The number of amides is 1. The number of carbonyl (C=O) groups is 1. The highest BCUT2D eigenvalue weighted by Crippen LogP contribution is 2.32. The summed E-state index contributed by atoms with van der Waals surface area (Å²) in [6, 6.07) is 20.8. The van der Waals surface area contributed by atoms with Gasteiger partial charge in [0.05, 0.1) is 34.9 Å². The fraction of sp³-hybridized carbons (Fsp3) is 0.0870. The van der Waals surface area contributed by atoms with E-state index in [2.05, 4.69) is 10.1 Å². The fourth-order valence-electron chi connectivity index (χ4n) is 2.98. The van der Waals surface area contributed by atoms with Crippen molar-refractivity contribution in [1.29, 1.82) is 0 Å². The van der Waals surface area contributed by atoms with E-state index in [1.54, 1.807) is 19.2 Å². The summed E-state index contributed by atoms with van der Waals surface area (Å²) < 4.78 is 6.13. The molecule has 0 spiro atoms. The lowest BCUT2D eigenvalue weighted by Crippen LogP contribution is -2.27. The molecule has 8 nitrogen and oxygen atoms in total. The number of aromatic nitrogens is 1. The van der Waals surface area contributed by atoms with Crippen LogP contribution in [0.3, 0.4) is 0 Å². The van der Waals surface area contributed by atoms with Gasteiger partial charge in [-0.3, -0.25) is 14.9 Å². The third-order valence-corrected chi connectivity index (χ3v) is 5.62. The molecule has 1 heterocycles. The summed E-state index contributed by atoms with van der Waals surface area (Å²) in [6.07, 6.45) is 1.64. The molecule has 0 radical (unpaired) electrons. The predicted octanol–water partition coefficient (Wildman–Crippen LogP) is 4.82. The van der Waals surface area contributed by atoms with Crippen LogP contribution >= 0.6 is 11.3 Å². The van der Waals surface area contributed by atoms with Gasteiger partial charge in [0.1, 0.15) is 5.75 Å². The lowest BCUT2D eigenvalue weighted by molar-refractivity contribution is -0.384. The average molecular weight is 446 g/mol. The van der Waals surface area contributed by atoms with Crippen molar-refractivity contribution in [3.8, 4) is 5.75 Å². The summed E-state index contributed by atoms with van der Waals surface area (Å²) in [7, 11) is 1.59. The third kappa shape index (κ3) is 4.79. The first-order valence-corrected chi connectivity index (χ1v) is 10.4. The minimum atomic E-state index is -0.466. The monoisotopic (exact) mass is 446 g/mol. The quantitative estimate of drug-likeness (QED) is 0.230. The molecule has 9 heteroatoms. The lowest BCUT2D eigenvalue weighted by Gasteiger charge is -2.13. The van der Waals surface area contributed by atoms with E-state index in [1.165, 1.54) is 34.7 Å². The molecule has 0 aliphatic rings. The molecule has 0 aliphatic carbocycles. The molecule has 0 saturated heterocycles. The Kier molecular flexibility index (Phi) is 6.18. The minimum absolute atomic E-state index is 0.0146. The molecule has 3 aromatic carbocycles. The molecule has 0 saturated carbocycles. The summed E-state index contributed by atoms with van der Waals surface area (Å²) in [5, 5.41) is 16.9. The number of anilines is 1. The Balaban J connectivity index is 1.67. The van der Waals surface area contributed by atoms with Gasteiger partial charge >= 0.3 is 0 Å². The molecule has 160 valence electrons. The van der Waals surface area contributed by atoms with E-state index in [9.17, 15) is 14.9 Å². The van der Waals surface area contributed by atoms with Gasteiger partial charge in [-0.05, 0) is 41.5 Å². The maximum Gasteiger partial charge on any atom is 0.269 e. The molecule has 4 rings (SSSR count). The van der Waals surface area contributed by atoms with Crippen LogP contribution in [0.25, 0.3) is 10.2 Å². The van der Waals surface area contributed by atoms with Gasteiger partial charge in [0, 0.05) is 12.1 Å². The Hall–Kier alpha value is -4.11. The second kappa shape index (κ2) is 9.36. The average Bonchev–Trinajstić information content (AvgIpc) is 3.23. The van der Waals surface area contributed by atoms with Gasteiger partial charge in [-0.2, -0.15) is 10.1 Å². The van der Waals surface area contributed by atoms with E-state index in [1.807, 2.05) is 48.5 Å². The first-order chi connectivity index (χ1) is 15.5. The van der Waals surface area contributed by atoms with Crippen molar-refractivity contribution in [1.82, 2.24) is 4.98 Å². The molecular weight excluding hydrogens is 428 g/mol. The molecule has 0 N–H and O–H groups in total. The topological polar surface area (TPSA) is 97.9 Å². The van der Waals surface area contributed by atoms with Crippen LogP contribution in [0.4, 0.5) is 10.8 Å². The second-order valence-electron chi connectivity index (χ2n) is 6.79. The van der Waals surface area contributed by atoms with Crippen molar-refractivity contribution in [2.45, 2.75) is 6.42 Å². The number of hydrogen-bond donors (Lipinski definition) is 0. The van der Waals surface area contributed by atoms with Gasteiger partial charge in [-0.15, -0.1) is 0 Å². The number of hydrazone groups is 1. The van der Waals surface area contributed by atoms with Gasteiger partial charge < -0.3 is 4.74 Å². The molecule has 0 unspecified atom stereocenters. The van der Waals surface area contributed by atoms with Gasteiger partial charge in [-0.1, -0.05) is 41.7 Å². The van der Waals surface area contributed by atoms with E-state index < -0.39 is 4.92 Å². The maximum atomic E-state index is 13.1. The van der Waals surface area contributed by atoms with Crippen molar-refractivity contribution in [3.63, 3.8) is 0 Å². The zero-order valence-electron chi connectivity index (χ0n) is 17.0. The van der Waals surface area contributed by atoms with E-state index >= 15 is 0 Å². The zero-order chi connectivity index (χ0) is 22.5. The van der Waals surface area contributed by atoms with Gasteiger partial charge in [-0.25, -0.2) is 4.98 Å². The number of ether oxygens (including phenoxy) is 1. The highest BCUT2D eigenvalue weighted by Gasteiger charge is 2.20. The van der Waals surface area contributed by atoms with Crippen LogP contribution in [0.15, 0.2) is 77.9 Å². The first kappa shape index (κ1) is 21.1. The predicted molar refractivity (Wildman–Crippen MR) is 124 cm³/mol. The maximum absolute atomic E-state index is 13.1. The third-order valence-electron chi connectivity index (χ3n) is 4.63. The number of methoxy groups -OCH3 is 1. The summed E-state index contributed by atoms with van der Waals surface area (Å²) >= 11 is 1.33. The van der Waals surface area contributed by atoms with E-state index in [0.29, 0.717) is 16.4 Å². The molecule has 0 atom stereocenters. The standard InChI is InChI=1S/C23H18N4O4S/c1-31-19-11-12-20-21(14-19)32-23(25-20)26(22(28)13-16-5-3-2-4-6-16)24-15-17-7-9-18(10-8-17)27(29)30/h2-12,14-15H,13H2,1H3/b24-15+. The van der Waals surface area contributed by atoms with E-state index in [0.717, 1.165) is 15.8 Å². The molecule has 0 bridgehead atoms. The number of fused-ring (bicyclic) bond motifs is 1. The summed E-state index contributed by atoms with van der Waals surface area (Å²) in [6.45, 7) is 0. The number of nitrogens with zero attached hydrogens (tertiary/aromatic N) is 4. The lowest BCUT2D eigenvalue weighted by atomic mass is 10.1. The number of carbonyl (C=O) groups excluding carboxylic acids is 1. The summed E-state index contributed by atoms with van der Waals surface area (Å²) in [5.74, 6) is 0.449. The Morgan fingerprint density at radius 3 is 2.59 bits per heavy atom. The number of hydrogen-bond acceptors (Lipinski definition) is 7. The molecule has 1 aromatic heterocycles. The summed E-state index contributed by atoms with van der Waals surface area (Å²) in [5.41, 5.74) is 2.19. The first-order valence-electron chi connectivity index (χ1n) is 9.63. The van der Waals surface area contributed by atoms with Crippen molar-refractivity contribution in [2.24, 2.45) is 5.10 Å². The molecule has 0 aliphatic heterocycles. The van der Waals surface area contributed by atoms with Crippen LogP contribution < -0.4 is 9.75 Å². The second-order valence-corrected chi connectivity index (χ2v) is 7.80. The minimum Gasteiger partial charge on any atom is -0.497 e. The Morgan fingerprint density at radius 2 is 1.91 bits per heavy atom. The van der Waals surface area contributed by atoms with Crippen LogP contribution in [-0.4, -0.2) is 29.1 Å². The number of nitro benzene ring substituents is 1. The number of thiazole rings is 1. The highest BCUT2D eigenvalue weighted by atomic mass is 32.1. The number of nitro groups is 1. The largest absolute Gasteiger partial charge is 0.497 e. The number of benzene rings is 3. The van der Waals surface area contributed by atoms with Crippen molar-refractivity contribution < 1.29 is 14.5 Å². The Labute approximate surface area is 187 Å². The highest BCUT2D eigenvalue weighted by molar-refractivity contribution is 7.22.